The van der Waals surface area contributed by atoms with Gasteiger partial charge in [0.25, 0.3) is 5.69 Å². The smallest absolute Gasteiger partial charge is 0.274 e. The van der Waals surface area contributed by atoms with Crippen LogP contribution in [-0.2, 0) is 11.3 Å². The van der Waals surface area contributed by atoms with Gasteiger partial charge in [-0.15, -0.1) is 0 Å². The maximum Gasteiger partial charge on any atom is 0.274 e. The third kappa shape index (κ3) is 5.05. The molecular weight excluding hydrogens is 362 g/mol. The average molecular weight is 389 g/mol. The summed E-state index contributed by atoms with van der Waals surface area (Å²) in [6.45, 7) is 5.60. The van der Waals surface area contributed by atoms with Crippen molar-refractivity contribution in [2.24, 2.45) is 5.73 Å². The zero-order chi connectivity index (χ0) is 20.1. The standard InChI is InChI=1S/C19H27N5O4/c20-19(26)15-4-5-16(17(12-15)24(27)28)13-21-8-10-22(11-9-21)14-18(25)23-6-2-1-3-7-23/h4-5,12H,1-3,6-11,13-14H2,(H2,20,26). The number of nitrogens with two attached hydrogens (primary N) is 1. The highest BCUT2D eigenvalue weighted by Crippen LogP contribution is 2.22. The molecule has 2 aliphatic rings. The molecule has 2 amide bonds. The summed E-state index contributed by atoms with van der Waals surface area (Å²) in [6.07, 6.45) is 3.38. The minimum atomic E-state index is -0.679. The summed E-state index contributed by atoms with van der Waals surface area (Å²) in [6, 6.07) is 4.37. The Balaban J connectivity index is 1.53. The summed E-state index contributed by atoms with van der Waals surface area (Å²) in [5.74, 6) is -0.479. The van der Waals surface area contributed by atoms with Gasteiger partial charge in [0.05, 0.1) is 11.5 Å². The van der Waals surface area contributed by atoms with Crippen LogP contribution in [0.1, 0.15) is 35.2 Å². The molecule has 0 atom stereocenters. The predicted octanol–water partition coefficient (Wildman–Crippen LogP) is 0.824. The fraction of sp³-hybridized carbons (Fsp3) is 0.579. The van der Waals surface area contributed by atoms with Gasteiger partial charge in [0.1, 0.15) is 0 Å². The number of nitrogens with zero attached hydrogens (tertiary/aromatic N) is 4. The Morgan fingerprint density at radius 1 is 1.00 bits per heavy atom. The van der Waals surface area contributed by atoms with Gasteiger partial charge >= 0.3 is 0 Å². The SMILES string of the molecule is NC(=O)c1ccc(CN2CCN(CC(=O)N3CCCCC3)CC2)c([N+](=O)[O-])c1. The number of carbonyl (C=O) groups excluding carboxylic acids is 2. The number of amides is 2. The van der Waals surface area contributed by atoms with Crippen LogP contribution in [0, 0.1) is 10.1 Å². The molecule has 0 radical (unpaired) electrons. The van der Waals surface area contributed by atoms with E-state index >= 15 is 0 Å². The lowest BCUT2D eigenvalue weighted by atomic mass is 10.1. The van der Waals surface area contributed by atoms with Gasteiger partial charge in [0.2, 0.25) is 11.8 Å². The van der Waals surface area contributed by atoms with Gasteiger partial charge in [0, 0.05) is 63.0 Å². The number of benzene rings is 1. The molecule has 152 valence electrons. The van der Waals surface area contributed by atoms with E-state index in [4.69, 9.17) is 5.73 Å². The topological polar surface area (TPSA) is 113 Å². The Bertz CT molecular complexity index is 740. The van der Waals surface area contributed by atoms with Crippen LogP contribution < -0.4 is 5.73 Å². The van der Waals surface area contributed by atoms with Crippen molar-refractivity contribution < 1.29 is 14.5 Å². The second-order valence-electron chi connectivity index (χ2n) is 7.46. The van der Waals surface area contributed by atoms with E-state index < -0.39 is 10.8 Å². The lowest BCUT2D eigenvalue weighted by Crippen LogP contribution is -2.50. The Kier molecular flexibility index (Phi) is 6.58. The van der Waals surface area contributed by atoms with Crippen molar-refractivity contribution in [2.45, 2.75) is 25.8 Å². The molecule has 3 rings (SSSR count). The van der Waals surface area contributed by atoms with Crippen molar-refractivity contribution in [3.63, 3.8) is 0 Å². The maximum absolute atomic E-state index is 12.4. The van der Waals surface area contributed by atoms with Crippen molar-refractivity contribution in [3.05, 3.63) is 39.4 Å². The van der Waals surface area contributed by atoms with Crippen molar-refractivity contribution in [1.29, 1.82) is 0 Å². The first-order valence-corrected chi connectivity index (χ1v) is 9.73. The van der Waals surface area contributed by atoms with Crippen LogP contribution in [-0.4, -0.2) is 77.3 Å². The quantitative estimate of drug-likeness (QED) is 0.569. The van der Waals surface area contributed by atoms with Crippen LogP contribution in [0.4, 0.5) is 5.69 Å². The van der Waals surface area contributed by atoms with Crippen LogP contribution >= 0.6 is 0 Å². The summed E-state index contributed by atoms with van der Waals surface area (Å²) in [4.78, 5) is 40.8. The van der Waals surface area contributed by atoms with E-state index in [2.05, 4.69) is 9.80 Å². The largest absolute Gasteiger partial charge is 0.366 e. The van der Waals surface area contributed by atoms with E-state index in [1.807, 2.05) is 4.90 Å². The lowest BCUT2D eigenvalue weighted by molar-refractivity contribution is -0.385. The van der Waals surface area contributed by atoms with E-state index in [1.54, 1.807) is 6.07 Å². The monoisotopic (exact) mass is 389 g/mol. The number of nitro groups is 1. The number of carbonyl (C=O) groups is 2. The second-order valence-corrected chi connectivity index (χ2v) is 7.46. The van der Waals surface area contributed by atoms with E-state index in [1.165, 1.54) is 18.6 Å². The fourth-order valence-corrected chi connectivity index (χ4v) is 3.80. The van der Waals surface area contributed by atoms with Crippen molar-refractivity contribution in [3.8, 4) is 0 Å². The first-order valence-electron chi connectivity index (χ1n) is 9.73. The molecule has 9 heteroatoms. The first-order chi connectivity index (χ1) is 13.4. The number of primary amides is 1. The number of nitro benzene ring substituents is 1. The molecule has 1 aromatic carbocycles. The highest BCUT2D eigenvalue weighted by molar-refractivity contribution is 5.93. The first kappa shape index (κ1) is 20.2. The normalized spacial score (nSPS) is 18.8. The fourth-order valence-electron chi connectivity index (χ4n) is 3.80. The molecule has 0 aromatic heterocycles. The third-order valence-electron chi connectivity index (χ3n) is 5.49. The number of likely N-dealkylation sites (tertiary alicyclic amines) is 1. The zero-order valence-electron chi connectivity index (χ0n) is 16.0. The van der Waals surface area contributed by atoms with Gasteiger partial charge in [-0.2, -0.15) is 0 Å². The number of piperidine rings is 1. The van der Waals surface area contributed by atoms with Crippen LogP contribution in [0.25, 0.3) is 0 Å². The van der Waals surface area contributed by atoms with Gasteiger partial charge < -0.3 is 10.6 Å². The molecule has 0 bridgehead atoms. The molecule has 0 aliphatic carbocycles. The molecule has 2 fully saturated rings. The summed E-state index contributed by atoms with van der Waals surface area (Å²) >= 11 is 0. The third-order valence-corrected chi connectivity index (χ3v) is 5.49. The van der Waals surface area contributed by atoms with Gasteiger partial charge in [0.15, 0.2) is 0 Å². The molecule has 1 aromatic rings. The Morgan fingerprint density at radius 3 is 2.25 bits per heavy atom. The van der Waals surface area contributed by atoms with E-state index in [-0.39, 0.29) is 17.2 Å². The van der Waals surface area contributed by atoms with Crippen LogP contribution in [0.3, 0.4) is 0 Å². The van der Waals surface area contributed by atoms with E-state index in [0.29, 0.717) is 18.7 Å². The summed E-state index contributed by atoms with van der Waals surface area (Å²) in [5, 5.41) is 11.3. The molecule has 0 saturated carbocycles. The molecular formula is C19H27N5O4. The molecule has 2 N–H and O–H groups in total. The molecule has 2 saturated heterocycles. The average Bonchev–Trinajstić information content (AvgIpc) is 2.70. The van der Waals surface area contributed by atoms with Gasteiger partial charge in [-0.05, 0) is 25.3 Å². The highest BCUT2D eigenvalue weighted by Gasteiger charge is 2.24. The van der Waals surface area contributed by atoms with Crippen molar-refractivity contribution in [1.82, 2.24) is 14.7 Å². The summed E-state index contributed by atoms with van der Waals surface area (Å²) < 4.78 is 0. The summed E-state index contributed by atoms with van der Waals surface area (Å²) in [7, 11) is 0. The molecule has 9 nitrogen and oxygen atoms in total. The number of hydrogen-bond donors (Lipinski definition) is 1. The minimum absolute atomic E-state index is 0.0843. The van der Waals surface area contributed by atoms with Crippen LogP contribution in [0.5, 0.6) is 0 Å². The van der Waals surface area contributed by atoms with E-state index in [0.717, 1.165) is 52.1 Å². The molecule has 0 spiro atoms. The molecule has 2 heterocycles. The van der Waals surface area contributed by atoms with Gasteiger partial charge in [-0.25, -0.2) is 0 Å². The lowest BCUT2D eigenvalue weighted by Gasteiger charge is -2.36. The Hall–Kier alpha value is -2.52. The molecule has 28 heavy (non-hydrogen) atoms. The highest BCUT2D eigenvalue weighted by atomic mass is 16.6. The van der Waals surface area contributed by atoms with Crippen LogP contribution in [0.2, 0.25) is 0 Å². The van der Waals surface area contributed by atoms with Crippen molar-refractivity contribution >= 4 is 17.5 Å². The number of rotatable bonds is 6. The number of piperazine rings is 1. The molecule has 2 aliphatic heterocycles. The number of hydrogen-bond acceptors (Lipinski definition) is 6. The van der Waals surface area contributed by atoms with E-state index in [9.17, 15) is 19.7 Å². The Labute approximate surface area is 164 Å². The maximum atomic E-state index is 12.4. The van der Waals surface area contributed by atoms with Gasteiger partial charge in [-0.3, -0.25) is 29.5 Å². The van der Waals surface area contributed by atoms with Crippen LogP contribution in [0.15, 0.2) is 18.2 Å². The zero-order valence-corrected chi connectivity index (χ0v) is 16.0. The minimum Gasteiger partial charge on any atom is -0.366 e. The summed E-state index contributed by atoms with van der Waals surface area (Å²) in [5.41, 5.74) is 5.83. The second kappa shape index (κ2) is 9.11. The van der Waals surface area contributed by atoms with Gasteiger partial charge in [-0.1, -0.05) is 6.07 Å². The van der Waals surface area contributed by atoms with Crippen molar-refractivity contribution in [2.75, 3.05) is 45.8 Å². The Morgan fingerprint density at radius 2 is 1.64 bits per heavy atom. The molecule has 0 unspecified atom stereocenters. The predicted molar refractivity (Wildman–Crippen MR) is 104 cm³/mol.